The smallest absolute Gasteiger partial charge is 0.339 e. The second-order valence-corrected chi connectivity index (χ2v) is 4.79. The molecule has 0 unspecified atom stereocenters. The minimum absolute atomic E-state index is 0.0738. The molecule has 0 amide bonds. The average Bonchev–Trinajstić information content (AvgIpc) is 2.97. The summed E-state index contributed by atoms with van der Waals surface area (Å²) in [5, 5.41) is 12.4. The summed E-state index contributed by atoms with van der Waals surface area (Å²) in [7, 11) is 0. The fourth-order valence-electron chi connectivity index (χ4n) is 2.16. The first kappa shape index (κ1) is 15.8. The SMILES string of the molecule is Cc1cc(C(=O)Cn2cnc(C#N)n2)c(C)n1CC(F)(F)F. The molecule has 0 atom stereocenters. The van der Waals surface area contributed by atoms with Crippen LogP contribution in [0.4, 0.5) is 13.2 Å². The number of rotatable bonds is 4. The van der Waals surface area contributed by atoms with Crippen molar-refractivity contribution >= 4 is 5.78 Å². The fraction of sp³-hybridized carbons (Fsp3) is 0.385. The first-order valence-corrected chi connectivity index (χ1v) is 6.27. The molecule has 22 heavy (non-hydrogen) atoms. The molecule has 0 aromatic carbocycles. The molecule has 9 heteroatoms. The van der Waals surface area contributed by atoms with E-state index in [1.165, 1.54) is 30.9 Å². The van der Waals surface area contributed by atoms with Crippen molar-refractivity contribution < 1.29 is 18.0 Å². The van der Waals surface area contributed by atoms with Gasteiger partial charge in [-0.05, 0) is 19.9 Å². The van der Waals surface area contributed by atoms with E-state index in [1.807, 2.05) is 0 Å². The third-order valence-electron chi connectivity index (χ3n) is 3.15. The van der Waals surface area contributed by atoms with Crippen molar-refractivity contribution in [3.8, 4) is 6.07 Å². The lowest BCUT2D eigenvalue weighted by molar-refractivity contribution is -0.141. The van der Waals surface area contributed by atoms with Gasteiger partial charge in [0.05, 0.1) is 0 Å². The van der Waals surface area contributed by atoms with E-state index in [9.17, 15) is 18.0 Å². The van der Waals surface area contributed by atoms with Gasteiger partial charge in [0, 0.05) is 17.0 Å². The number of carbonyl (C=O) groups excluding carboxylic acids is 1. The number of nitriles is 1. The molecule has 116 valence electrons. The van der Waals surface area contributed by atoms with Crippen LogP contribution in [0.2, 0.25) is 0 Å². The van der Waals surface area contributed by atoms with Crippen LogP contribution in [0.5, 0.6) is 0 Å². The van der Waals surface area contributed by atoms with Crippen LogP contribution >= 0.6 is 0 Å². The Hall–Kier alpha value is -2.63. The van der Waals surface area contributed by atoms with Crippen molar-refractivity contribution in [1.82, 2.24) is 19.3 Å². The summed E-state index contributed by atoms with van der Waals surface area (Å²) in [6.45, 7) is 1.65. The van der Waals surface area contributed by atoms with Crippen molar-refractivity contribution in [3.05, 3.63) is 35.2 Å². The standard InChI is InChI=1S/C13H12F3N5O/c1-8-3-10(9(2)21(8)6-13(14,15)16)11(22)5-20-7-18-12(4-17)19-20/h3,7H,5-6H2,1-2H3. The summed E-state index contributed by atoms with van der Waals surface area (Å²) < 4.78 is 39.9. The summed E-state index contributed by atoms with van der Waals surface area (Å²) in [6.07, 6.45) is -3.13. The average molecular weight is 311 g/mol. The van der Waals surface area contributed by atoms with Crippen LogP contribution < -0.4 is 0 Å². The number of Topliss-reactive ketones (excluding diaryl/α,β-unsaturated/α-hetero) is 1. The van der Waals surface area contributed by atoms with E-state index < -0.39 is 18.5 Å². The van der Waals surface area contributed by atoms with Crippen LogP contribution in [0.1, 0.15) is 27.6 Å². The van der Waals surface area contributed by atoms with Gasteiger partial charge in [-0.1, -0.05) is 0 Å². The summed E-state index contributed by atoms with van der Waals surface area (Å²) in [6, 6.07) is 3.15. The van der Waals surface area contributed by atoms with Crippen LogP contribution in [0.15, 0.2) is 12.4 Å². The van der Waals surface area contributed by atoms with Crippen molar-refractivity contribution in [2.45, 2.75) is 33.1 Å². The molecule has 0 radical (unpaired) electrons. The molecule has 0 N–H and O–H groups in total. The summed E-state index contributed by atoms with van der Waals surface area (Å²) >= 11 is 0. The van der Waals surface area contributed by atoms with Crippen LogP contribution in [0, 0.1) is 25.2 Å². The van der Waals surface area contributed by atoms with E-state index in [2.05, 4.69) is 10.1 Å². The number of aromatic nitrogens is 4. The molecule has 2 aromatic rings. The molecule has 2 aromatic heterocycles. The quantitative estimate of drug-likeness (QED) is 0.809. The first-order valence-electron chi connectivity index (χ1n) is 6.27. The normalized spacial score (nSPS) is 11.5. The highest BCUT2D eigenvalue weighted by Crippen LogP contribution is 2.23. The number of hydrogen-bond donors (Lipinski definition) is 0. The fourth-order valence-corrected chi connectivity index (χ4v) is 2.16. The highest BCUT2D eigenvalue weighted by atomic mass is 19.4. The minimum Gasteiger partial charge on any atom is -0.339 e. The number of carbonyl (C=O) groups is 1. The Bertz CT molecular complexity index is 751. The van der Waals surface area contributed by atoms with Gasteiger partial charge in [0.25, 0.3) is 5.82 Å². The zero-order valence-electron chi connectivity index (χ0n) is 11.8. The molecule has 0 saturated heterocycles. The first-order chi connectivity index (χ1) is 10.2. The van der Waals surface area contributed by atoms with Gasteiger partial charge in [0.15, 0.2) is 5.78 Å². The highest BCUT2D eigenvalue weighted by molar-refractivity contribution is 5.97. The van der Waals surface area contributed by atoms with Gasteiger partial charge in [-0.25, -0.2) is 9.67 Å². The third-order valence-corrected chi connectivity index (χ3v) is 3.15. The lowest BCUT2D eigenvalue weighted by atomic mass is 10.1. The highest BCUT2D eigenvalue weighted by Gasteiger charge is 2.30. The maximum Gasteiger partial charge on any atom is 0.406 e. The monoisotopic (exact) mass is 311 g/mol. The molecular formula is C13H12F3N5O. The van der Waals surface area contributed by atoms with E-state index in [0.717, 1.165) is 4.57 Å². The van der Waals surface area contributed by atoms with E-state index in [1.54, 1.807) is 6.07 Å². The Kier molecular flexibility index (Phi) is 4.03. The molecule has 0 fully saturated rings. The lowest BCUT2D eigenvalue weighted by Crippen LogP contribution is -2.20. The Labute approximate surface area is 123 Å². The summed E-state index contributed by atoms with van der Waals surface area (Å²) in [4.78, 5) is 15.9. The number of hydrogen-bond acceptors (Lipinski definition) is 4. The van der Waals surface area contributed by atoms with Crippen LogP contribution in [-0.2, 0) is 13.1 Å². The molecule has 0 aliphatic heterocycles. The predicted octanol–water partition coefficient (Wildman–Crippen LogP) is 2.01. The second-order valence-electron chi connectivity index (χ2n) is 4.79. The van der Waals surface area contributed by atoms with E-state index in [-0.39, 0.29) is 23.6 Å². The van der Waals surface area contributed by atoms with Gasteiger partial charge in [0.1, 0.15) is 25.5 Å². The Morgan fingerprint density at radius 2 is 2.09 bits per heavy atom. The van der Waals surface area contributed by atoms with Gasteiger partial charge < -0.3 is 4.57 Å². The minimum atomic E-state index is -4.36. The number of nitrogens with zero attached hydrogens (tertiary/aromatic N) is 5. The summed E-state index contributed by atoms with van der Waals surface area (Å²) in [5.74, 6) is -0.466. The lowest BCUT2D eigenvalue weighted by Gasteiger charge is -2.12. The number of ketones is 1. The zero-order chi connectivity index (χ0) is 16.5. The van der Waals surface area contributed by atoms with Crippen molar-refractivity contribution in [3.63, 3.8) is 0 Å². The molecule has 2 heterocycles. The maximum absolute atomic E-state index is 12.5. The maximum atomic E-state index is 12.5. The van der Waals surface area contributed by atoms with Gasteiger partial charge >= 0.3 is 6.18 Å². The Morgan fingerprint density at radius 3 is 2.64 bits per heavy atom. The summed E-state index contributed by atoms with van der Waals surface area (Å²) in [5.41, 5.74) is 0.811. The van der Waals surface area contributed by atoms with Crippen LogP contribution in [0.25, 0.3) is 0 Å². The van der Waals surface area contributed by atoms with E-state index in [4.69, 9.17) is 5.26 Å². The second kappa shape index (κ2) is 5.63. The molecule has 2 rings (SSSR count). The van der Waals surface area contributed by atoms with Gasteiger partial charge in [0.2, 0.25) is 0 Å². The van der Waals surface area contributed by atoms with Crippen LogP contribution in [-0.4, -0.2) is 31.3 Å². The van der Waals surface area contributed by atoms with Gasteiger partial charge in [-0.3, -0.25) is 4.79 Å². The van der Waals surface area contributed by atoms with E-state index >= 15 is 0 Å². The zero-order valence-corrected chi connectivity index (χ0v) is 11.8. The topological polar surface area (TPSA) is 76.5 Å². The molecule has 0 aliphatic rings. The number of alkyl halides is 3. The number of halogens is 3. The molecular weight excluding hydrogens is 299 g/mol. The predicted molar refractivity (Wildman–Crippen MR) is 69.0 cm³/mol. The molecule has 0 saturated carbocycles. The molecule has 0 bridgehead atoms. The largest absolute Gasteiger partial charge is 0.406 e. The Morgan fingerprint density at radius 1 is 1.41 bits per heavy atom. The van der Waals surface area contributed by atoms with Crippen molar-refractivity contribution in [2.75, 3.05) is 0 Å². The molecule has 0 spiro atoms. The number of aryl methyl sites for hydroxylation is 1. The van der Waals surface area contributed by atoms with Crippen LogP contribution in [0.3, 0.4) is 0 Å². The van der Waals surface area contributed by atoms with Gasteiger partial charge in [-0.15, -0.1) is 5.10 Å². The molecule has 0 aliphatic carbocycles. The Balaban J connectivity index is 2.24. The third kappa shape index (κ3) is 3.33. The van der Waals surface area contributed by atoms with Crippen molar-refractivity contribution in [2.24, 2.45) is 0 Å². The van der Waals surface area contributed by atoms with Crippen molar-refractivity contribution in [1.29, 1.82) is 5.26 Å². The van der Waals surface area contributed by atoms with Gasteiger partial charge in [-0.2, -0.15) is 18.4 Å². The molecule has 6 nitrogen and oxygen atoms in total. The van der Waals surface area contributed by atoms with E-state index in [0.29, 0.717) is 5.69 Å².